The topological polar surface area (TPSA) is 28.0 Å². The van der Waals surface area contributed by atoms with Crippen LogP contribution in [0.4, 0.5) is 26.3 Å². The summed E-state index contributed by atoms with van der Waals surface area (Å²) in [6.07, 6.45) is 0. The molecule has 3 nitrogen and oxygen atoms in total. The third kappa shape index (κ3) is 3.72. The van der Waals surface area contributed by atoms with Crippen LogP contribution in [0.2, 0.25) is 5.02 Å². The van der Waals surface area contributed by atoms with Crippen molar-refractivity contribution in [3.05, 3.63) is 34.9 Å². The van der Waals surface area contributed by atoms with Gasteiger partial charge < -0.3 is 4.90 Å². The van der Waals surface area contributed by atoms with E-state index in [1.165, 1.54) is 0 Å². The van der Waals surface area contributed by atoms with Gasteiger partial charge in [0.15, 0.2) is 5.84 Å². The largest absolute Gasteiger partial charge is 0.381 e. The normalized spacial score (nSPS) is 22.2. The van der Waals surface area contributed by atoms with Crippen LogP contribution in [0.3, 0.4) is 0 Å². The van der Waals surface area contributed by atoms with E-state index < -0.39 is 39.0 Å². The van der Waals surface area contributed by atoms with E-state index in [9.17, 15) is 26.3 Å². The molecule has 0 N–H and O–H groups in total. The molecular weight excluding hydrogens is 454 g/mol. The summed E-state index contributed by atoms with van der Waals surface area (Å²) in [6, 6.07) is 4.15. The van der Waals surface area contributed by atoms with Gasteiger partial charge in [-0.05, 0) is 46.9 Å². The molecule has 0 saturated heterocycles. The van der Waals surface area contributed by atoms with Gasteiger partial charge >= 0.3 is 16.1 Å². The molecule has 0 spiro atoms. The zero-order valence-corrected chi connectivity index (χ0v) is 15.5. The number of nitrogens with zero attached hydrogens (tertiary/aromatic N) is 3. The van der Waals surface area contributed by atoms with Gasteiger partial charge in [-0.25, -0.2) is 9.98 Å². The first-order valence-electron chi connectivity index (χ1n) is 6.50. The summed E-state index contributed by atoms with van der Waals surface area (Å²) in [5.74, 6) is -3.44. The van der Waals surface area contributed by atoms with E-state index in [4.69, 9.17) is 46.4 Å². The van der Waals surface area contributed by atoms with Crippen molar-refractivity contribution in [3.8, 4) is 0 Å². The van der Waals surface area contributed by atoms with Crippen LogP contribution in [0.5, 0.6) is 0 Å². The molecular formula is C13H7Cl4F6N3. The van der Waals surface area contributed by atoms with Crippen LogP contribution in [0.15, 0.2) is 34.3 Å². The van der Waals surface area contributed by atoms with Crippen molar-refractivity contribution in [2.24, 2.45) is 9.98 Å². The van der Waals surface area contributed by atoms with E-state index in [1.54, 1.807) is 0 Å². The molecule has 0 aromatic heterocycles. The fraction of sp³-hybridized carbons (Fsp3) is 0.385. The Kier molecular flexibility index (Phi) is 5.44. The number of hydrogen-bond acceptors (Lipinski definition) is 3. The van der Waals surface area contributed by atoms with Crippen molar-refractivity contribution in [1.82, 2.24) is 4.90 Å². The highest BCUT2D eigenvalue weighted by atomic mass is 35.5. The molecule has 26 heavy (non-hydrogen) atoms. The fourth-order valence-corrected chi connectivity index (χ4v) is 2.98. The molecule has 1 aliphatic rings. The Bertz CT molecular complexity index is 751. The van der Waals surface area contributed by atoms with E-state index in [-0.39, 0.29) is 9.92 Å². The Morgan fingerprint density at radius 1 is 0.923 bits per heavy atom. The Hall–Kier alpha value is -0.900. The first-order chi connectivity index (χ1) is 11.6. The van der Waals surface area contributed by atoms with Crippen molar-refractivity contribution in [2.75, 3.05) is 7.05 Å². The first-order valence-corrected chi connectivity index (χ1v) is 8.01. The highest BCUT2D eigenvalue weighted by molar-refractivity contribution is 6.37. The summed E-state index contributed by atoms with van der Waals surface area (Å²) in [4.78, 5) is 6.14. The predicted molar refractivity (Wildman–Crippen MR) is 88.2 cm³/mol. The third-order valence-corrected chi connectivity index (χ3v) is 4.29. The third-order valence-electron chi connectivity index (χ3n) is 3.43. The van der Waals surface area contributed by atoms with Crippen LogP contribution in [0, 0.1) is 0 Å². The second kappa shape index (κ2) is 6.61. The van der Waals surface area contributed by atoms with Gasteiger partial charge in [0.2, 0.25) is 11.5 Å². The number of alkyl halides is 9. The Morgan fingerprint density at radius 2 is 1.42 bits per heavy atom. The summed E-state index contributed by atoms with van der Waals surface area (Å²) in [7, 11) is 0.701. The number of halogens is 10. The Balaban J connectivity index is 2.88. The molecule has 1 aromatic carbocycles. The molecule has 144 valence electrons. The minimum atomic E-state index is -4.47. The molecule has 0 fully saturated rings. The van der Waals surface area contributed by atoms with Gasteiger partial charge in [-0.1, -0.05) is 23.7 Å². The second-order valence-corrected chi connectivity index (χ2v) is 6.96. The molecule has 0 bridgehead atoms. The summed E-state index contributed by atoms with van der Waals surface area (Å²) in [5.41, 5.74) is -3.78. The van der Waals surface area contributed by atoms with E-state index in [0.29, 0.717) is 7.05 Å². The second-order valence-electron chi connectivity index (χ2n) is 5.10. The molecule has 1 aliphatic heterocycles. The standard InChI is InChI=1S/C13H7Cl4F6N3/c1-26-9(12(16,20)21)24-8(11(15,18)19)25-10(26,13(17,22)23)6-2-4-7(14)5-3-6/h2-5H,1H3. The number of benzene rings is 1. The van der Waals surface area contributed by atoms with Crippen molar-refractivity contribution >= 4 is 58.1 Å². The van der Waals surface area contributed by atoms with Gasteiger partial charge in [-0.2, -0.15) is 26.3 Å². The lowest BCUT2D eigenvalue weighted by Gasteiger charge is -2.45. The van der Waals surface area contributed by atoms with Crippen molar-refractivity contribution in [3.63, 3.8) is 0 Å². The minimum absolute atomic E-state index is 0.101. The summed E-state index contributed by atoms with van der Waals surface area (Å²) in [5, 5.41) is -13.2. The van der Waals surface area contributed by atoms with Crippen LogP contribution < -0.4 is 0 Å². The van der Waals surface area contributed by atoms with E-state index in [0.717, 1.165) is 24.3 Å². The summed E-state index contributed by atoms with van der Waals surface area (Å²) >= 11 is 20.4. The highest BCUT2D eigenvalue weighted by Crippen LogP contribution is 2.50. The SMILES string of the molecule is CN1C(C(F)(F)Cl)=NC(C(F)(F)Cl)=NC1(c1ccc(Cl)cc1)C(F)(F)Cl. The zero-order valence-electron chi connectivity index (χ0n) is 12.4. The molecule has 0 saturated carbocycles. The molecule has 13 heteroatoms. The molecule has 1 heterocycles. The first kappa shape index (κ1) is 21.4. The average molecular weight is 461 g/mol. The molecule has 1 unspecified atom stereocenters. The van der Waals surface area contributed by atoms with Crippen molar-refractivity contribution in [2.45, 2.75) is 21.8 Å². The maximum Gasteiger partial charge on any atom is 0.381 e. The number of rotatable bonds is 4. The monoisotopic (exact) mass is 459 g/mol. The van der Waals surface area contributed by atoms with Gasteiger partial charge in [0.1, 0.15) is 0 Å². The lowest BCUT2D eigenvalue weighted by molar-refractivity contribution is -0.0586. The Morgan fingerprint density at radius 3 is 1.81 bits per heavy atom. The maximum absolute atomic E-state index is 14.4. The zero-order chi connectivity index (χ0) is 20.1. The van der Waals surface area contributed by atoms with Gasteiger partial charge in [0, 0.05) is 17.6 Å². The van der Waals surface area contributed by atoms with Gasteiger partial charge in [0.25, 0.3) is 0 Å². The molecule has 0 amide bonds. The fourth-order valence-electron chi connectivity index (χ4n) is 2.32. The minimum Gasteiger partial charge on any atom is -0.322 e. The van der Waals surface area contributed by atoms with Gasteiger partial charge in [0.05, 0.1) is 0 Å². The highest BCUT2D eigenvalue weighted by Gasteiger charge is 2.63. The Labute approximate surface area is 163 Å². The number of aliphatic imine (C=N–C) groups is 2. The average Bonchev–Trinajstić information content (AvgIpc) is 2.44. The molecule has 0 radical (unpaired) electrons. The summed E-state index contributed by atoms with van der Waals surface area (Å²) in [6.45, 7) is 0. The lowest BCUT2D eigenvalue weighted by Crippen LogP contribution is -2.60. The number of amidine groups is 2. The summed E-state index contributed by atoms with van der Waals surface area (Å²) < 4.78 is 83.1. The van der Waals surface area contributed by atoms with Crippen LogP contribution in [-0.4, -0.2) is 39.8 Å². The van der Waals surface area contributed by atoms with E-state index in [2.05, 4.69) is 9.98 Å². The van der Waals surface area contributed by atoms with Crippen LogP contribution >= 0.6 is 46.4 Å². The van der Waals surface area contributed by atoms with Crippen molar-refractivity contribution < 1.29 is 26.3 Å². The van der Waals surface area contributed by atoms with Gasteiger partial charge in [-0.15, -0.1) is 0 Å². The predicted octanol–water partition coefficient (Wildman–Crippen LogP) is 5.73. The van der Waals surface area contributed by atoms with Crippen LogP contribution in [0.25, 0.3) is 0 Å². The molecule has 1 atom stereocenters. The quantitative estimate of drug-likeness (QED) is 0.416. The van der Waals surface area contributed by atoms with Gasteiger partial charge in [-0.3, -0.25) is 0 Å². The van der Waals surface area contributed by atoms with Crippen LogP contribution in [0.1, 0.15) is 5.56 Å². The smallest absolute Gasteiger partial charge is 0.322 e. The van der Waals surface area contributed by atoms with E-state index in [1.807, 2.05) is 0 Å². The number of hydrogen-bond donors (Lipinski definition) is 0. The lowest BCUT2D eigenvalue weighted by atomic mass is 9.97. The van der Waals surface area contributed by atoms with Crippen molar-refractivity contribution in [1.29, 1.82) is 0 Å². The van der Waals surface area contributed by atoms with Crippen LogP contribution in [-0.2, 0) is 5.66 Å². The molecule has 0 aliphatic carbocycles. The molecule has 2 rings (SSSR count). The van der Waals surface area contributed by atoms with E-state index >= 15 is 0 Å². The molecule has 1 aromatic rings. The maximum atomic E-state index is 14.4.